The molecule has 5 aromatic rings. The van der Waals surface area contributed by atoms with Gasteiger partial charge in [-0.15, -0.1) is 0 Å². The van der Waals surface area contributed by atoms with Crippen molar-refractivity contribution in [3.8, 4) is 22.5 Å². The third-order valence-corrected chi connectivity index (χ3v) is 5.15. The maximum Gasteiger partial charge on any atom is 0.212 e. The molecule has 0 saturated carbocycles. The van der Waals surface area contributed by atoms with Crippen LogP contribution in [0.1, 0.15) is 0 Å². The molecular weight excluding hydrogens is 432 g/mol. The Labute approximate surface area is 186 Å². The van der Waals surface area contributed by atoms with E-state index < -0.39 is 11.8 Å². The predicted octanol–water partition coefficient (Wildman–Crippen LogP) is 6.43. The molecule has 5 nitrogen and oxygen atoms in total. The van der Waals surface area contributed by atoms with Gasteiger partial charge in [-0.3, -0.25) is 4.98 Å². The average molecular weight is 446 g/mol. The first kappa shape index (κ1) is 20.0. The lowest BCUT2D eigenvalue weighted by Crippen LogP contribution is -2.00. The van der Waals surface area contributed by atoms with Gasteiger partial charge in [-0.05, 0) is 60.2 Å². The summed E-state index contributed by atoms with van der Waals surface area (Å²) < 4.78 is 26.9. The molecule has 1 N–H and O–H groups in total. The van der Waals surface area contributed by atoms with Crippen molar-refractivity contribution in [1.82, 2.24) is 19.9 Å². The number of hydrogen-bond acceptors (Lipinski definition) is 5. The minimum atomic E-state index is -0.547. The van der Waals surface area contributed by atoms with Crippen LogP contribution in [0.4, 0.5) is 20.3 Å². The smallest absolute Gasteiger partial charge is 0.212 e. The Morgan fingerprint density at radius 1 is 0.812 bits per heavy atom. The Bertz CT molecular complexity index is 1430. The first-order valence-corrected chi connectivity index (χ1v) is 10.0. The zero-order valence-electron chi connectivity index (χ0n) is 16.4. The summed E-state index contributed by atoms with van der Waals surface area (Å²) in [6.45, 7) is 0. The Hall–Kier alpha value is -3.97. The number of hydrogen-bond donors (Lipinski definition) is 1. The Kier molecular flexibility index (Phi) is 5.17. The number of anilines is 2. The molecule has 0 aliphatic carbocycles. The van der Waals surface area contributed by atoms with Crippen molar-refractivity contribution in [2.45, 2.75) is 0 Å². The van der Waals surface area contributed by atoms with Crippen LogP contribution in [0.2, 0.25) is 5.02 Å². The van der Waals surface area contributed by atoms with Gasteiger partial charge in [-0.1, -0.05) is 17.7 Å². The van der Waals surface area contributed by atoms with Gasteiger partial charge in [0.05, 0.1) is 10.5 Å². The van der Waals surface area contributed by atoms with Gasteiger partial charge in [0.25, 0.3) is 0 Å². The van der Waals surface area contributed by atoms with E-state index >= 15 is 0 Å². The minimum absolute atomic E-state index is 0.001000. The molecule has 0 spiro atoms. The normalized spacial score (nSPS) is 11.0. The average Bonchev–Trinajstić information content (AvgIpc) is 2.82. The van der Waals surface area contributed by atoms with E-state index in [2.05, 4.69) is 20.3 Å². The Balaban J connectivity index is 1.67. The van der Waals surface area contributed by atoms with Crippen molar-refractivity contribution in [2.24, 2.45) is 0 Å². The fourth-order valence-corrected chi connectivity index (χ4v) is 3.47. The lowest BCUT2D eigenvalue weighted by Gasteiger charge is -2.13. The lowest BCUT2D eigenvalue weighted by molar-refractivity contribution is 0.584. The van der Waals surface area contributed by atoms with Crippen molar-refractivity contribution in [3.63, 3.8) is 0 Å². The molecule has 8 heteroatoms. The number of pyridine rings is 2. The van der Waals surface area contributed by atoms with Crippen LogP contribution in [0, 0.1) is 11.8 Å². The fraction of sp³-hybridized carbons (Fsp3) is 0. The second-order valence-electron chi connectivity index (χ2n) is 6.99. The largest absolute Gasteiger partial charge is 0.340 e. The highest BCUT2D eigenvalue weighted by Crippen LogP contribution is 2.31. The standard InChI is InChI=1S/C24H14ClF2N5/c25-19-11-17(5-6-20(19)26)30-24-18-10-14(15-4-8-22(27)29-13-15)3-7-21(18)31-23(32-24)16-2-1-9-28-12-16/h1-13H,(H,30,31,32). The SMILES string of the molecule is Fc1ccc(-c2ccc3nc(-c4cccnc4)nc(Nc4ccc(F)c(Cl)c4)c3c2)cn1. The summed E-state index contributed by atoms with van der Waals surface area (Å²) in [6.07, 6.45) is 4.82. The Morgan fingerprint density at radius 3 is 2.44 bits per heavy atom. The number of benzene rings is 2. The topological polar surface area (TPSA) is 63.6 Å². The Morgan fingerprint density at radius 2 is 1.69 bits per heavy atom. The summed E-state index contributed by atoms with van der Waals surface area (Å²) in [5.74, 6) is -0.0626. The molecule has 0 bridgehead atoms. The number of nitrogens with zero attached hydrogens (tertiary/aromatic N) is 4. The number of fused-ring (bicyclic) bond motifs is 1. The summed E-state index contributed by atoms with van der Waals surface area (Å²) in [5, 5.41) is 3.94. The molecule has 5 rings (SSSR count). The van der Waals surface area contributed by atoms with Gasteiger partial charge >= 0.3 is 0 Å². The van der Waals surface area contributed by atoms with Crippen LogP contribution in [0.25, 0.3) is 33.4 Å². The minimum Gasteiger partial charge on any atom is -0.340 e. The maximum atomic E-state index is 13.6. The molecule has 3 aromatic heterocycles. The molecular formula is C24H14ClF2N5. The number of rotatable bonds is 4. The van der Waals surface area contributed by atoms with Crippen LogP contribution in [-0.2, 0) is 0 Å². The molecule has 32 heavy (non-hydrogen) atoms. The van der Waals surface area contributed by atoms with Crippen LogP contribution >= 0.6 is 11.6 Å². The lowest BCUT2D eigenvalue weighted by atomic mass is 10.0. The van der Waals surface area contributed by atoms with E-state index in [1.807, 2.05) is 24.3 Å². The molecule has 0 amide bonds. The molecule has 0 unspecified atom stereocenters. The van der Waals surface area contributed by atoms with Crippen molar-refractivity contribution in [3.05, 3.63) is 96.0 Å². The zero-order valence-corrected chi connectivity index (χ0v) is 17.2. The highest BCUT2D eigenvalue weighted by Gasteiger charge is 2.13. The second kappa shape index (κ2) is 8.28. The van der Waals surface area contributed by atoms with E-state index in [1.165, 1.54) is 24.4 Å². The van der Waals surface area contributed by atoms with Gasteiger partial charge in [0.1, 0.15) is 11.6 Å². The third kappa shape index (κ3) is 3.98. The molecule has 0 atom stereocenters. The summed E-state index contributed by atoms with van der Waals surface area (Å²) in [6, 6.07) is 16.6. The molecule has 0 saturated heterocycles. The third-order valence-electron chi connectivity index (χ3n) is 4.86. The molecule has 3 heterocycles. The summed E-state index contributed by atoms with van der Waals surface area (Å²) >= 11 is 5.95. The highest BCUT2D eigenvalue weighted by atomic mass is 35.5. The van der Waals surface area contributed by atoms with Gasteiger partial charge in [0, 0.05) is 40.8 Å². The summed E-state index contributed by atoms with van der Waals surface area (Å²) in [7, 11) is 0. The number of halogens is 3. The molecule has 0 fully saturated rings. The molecule has 2 aromatic carbocycles. The molecule has 0 aliphatic heterocycles. The van der Waals surface area contributed by atoms with E-state index in [9.17, 15) is 8.78 Å². The summed E-state index contributed by atoms with van der Waals surface area (Å²) in [5.41, 5.74) is 3.58. The predicted molar refractivity (Wildman–Crippen MR) is 121 cm³/mol. The molecule has 0 radical (unpaired) electrons. The second-order valence-corrected chi connectivity index (χ2v) is 7.40. The van der Waals surface area contributed by atoms with Gasteiger partial charge in [0.2, 0.25) is 5.95 Å². The van der Waals surface area contributed by atoms with Crippen molar-refractivity contribution in [1.29, 1.82) is 0 Å². The van der Waals surface area contributed by atoms with Crippen molar-refractivity contribution >= 4 is 34.0 Å². The van der Waals surface area contributed by atoms with E-state index in [4.69, 9.17) is 16.6 Å². The van der Waals surface area contributed by atoms with Gasteiger partial charge in [-0.2, -0.15) is 4.39 Å². The van der Waals surface area contributed by atoms with E-state index in [1.54, 1.807) is 30.6 Å². The van der Waals surface area contributed by atoms with Crippen LogP contribution < -0.4 is 5.32 Å². The highest BCUT2D eigenvalue weighted by molar-refractivity contribution is 6.31. The van der Waals surface area contributed by atoms with E-state index in [0.29, 0.717) is 22.8 Å². The molecule has 0 aliphatic rings. The maximum absolute atomic E-state index is 13.6. The van der Waals surface area contributed by atoms with E-state index in [-0.39, 0.29) is 5.02 Å². The number of nitrogens with one attached hydrogen (secondary N) is 1. The monoisotopic (exact) mass is 445 g/mol. The van der Waals surface area contributed by atoms with Crippen LogP contribution in [0.15, 0.2) is 79.3 Å². The summed E-state index contributed by atoms with van der Waals surface area (Å²) in [4.78, 5) is 17.2. The van der Waals surface area contributed by atoms with Crippen LogP contribution in [-0.4, -0.2) is 19.9 Å². The van der Waals surface area contributed by atoms with Crippen molar-refractivity contribution < 1.29 is 8.78 Å². The van der Waals surface area contributed by atoms with Crippen LogP contribution in [0.3, 0.4) is 0 Å². The quantitative estimate of drug-likeness (QED) is 0.323. The first-order chi connectivity index (χ1) is 15.6. The van der Waals surface area contributed by atoms with Gasteiger partial charge in [-0.25, -0.2) is 19.3 Å². The van der Waals surface area contributed by atoms with Gasteiger partial charge in [0.15, 0.2) is 5.82 Å². The van der Waals surface area contributed by atoms with Gasteiger partial charge < -0.3 is 5.32 Å². The zero-order chi connectivity index (χ0) is 22.1. The fourth-order valence-electron chi connectivity index (χ4n) is 3.28. The number of aromatic nitrogens is 4. The molecule has 156 valence electrons. The first-order valence-electron chi connectivity index (χ1n) is 9.63. The van der Waals surface area contributed by atoms with E-state index in [0.717, 1.165) is 22.1 Å². The van der Waals surface area contributed by atoms with Crippen molar-refractivity contribution in [2.75, 3.05) is 5.32 Å². The van der Waals surface area contributed by atoms with Crippen LogP contribution in [0.5, 0.6) is 0 Å².